The van der Waals surface area contributed by atoms with Gasteiger partial charge >= 0.3 is 0 Å². The SMILES string of the molecule is Cc1c(C(=O)N2CCCC2CN)cnn1-c1ccc(F)cc1. The number of likely N-dealkylation sites (tertiary alicyclic amines) is 1. The van der Waals surface area contributed by atoms with Crippen molar-refractivity contribution in [3.63, 3.8) is 0 Å². The molecule has 1 aromatic heterocycles. The van der Waals surface area contributed by atoms with Crippen LogP contribution < -0.4 is 5.73 Å². The second kappa shape index (κ2) is 5.88. The van der Waals surface area contributed by atoms with Gasteiger partial charge in [-0.3, -0.25) is 4.79 Å². The molecule has 3 rings (SSSR count). The number of hydrogen-bond acceptors (Lipinski definition) is 3. The van der Waals surface area contributed by atoms with Gasteiger partial charge < -0.3 is 10.6 Å². The first kappa shape index (κ1) is 14.7. The van der Waals surface area contributed by atoms with Gasteiger partial charge in [0.15, 0.2) is 0 Å². The molecule has 0 spiro atoms. The Kier molecular flexibility index (Phi) is 3.94. The van der Waals surface area contributed by atoms with Crippen LogP contribution in [0.2, 0.25) is 0 Å². The second-order valence-corrected chi connectivity index (χ2v) is 5.56. The van der Waals surface area contributed by atoms with Crippen molar-refractivity contribution in [2.24, 2.45) is 5.73 Å². The van der Waals surface area contributed by atoms with Crippen molar-refractivity contribution in [3.8, 4) is 5.69 Å². The zero-order valence-electron chi connectivity index (χ0n) is 12.5. The molecule has 2 heterocycles. The summed E-state index contributed by atoms with van der Waals surface area (Å²) in [4.78, 5) is 14.5. The summed E-state index contributed by atoms with van der Waals surface area (Å²) in [5.41, 5.74) is 7.79. The van der Waals surface area contributed by atoms with Crippen LogP contribution >= 0.6 is 0 Å². The number of nitrogens with zero attached hydrogens (tertiary/aromatic N) is 3. The van der Waals surface area contributed by atoms with Gasteiger partial charge in [0, 0.05) is 19.1 Å². The number of carbonyl (C=O) groups excluding carboxylic acids is 1. The monoisotopic (exact) mass is 302 g/mol. The van der Waals surface area contributed by atoms with Gasteiger partial charge in [0.25, 0.3) is 5.91 Å². The predicted molar refractivity (Wildman–Crippen MR) is 81.4 cm³/mol. The summed E-state index contributed by atoms with van der Waals surface area (Å²) in [6.45, 7) is 3.07. The van der Waals surface area contributed by atoms with E-state index < -0.39 is 0 Å². The van der Waals surface area contributed by atoms with E-state index in [9.17, 15) is 9.18 Å². The number of rotatable bonds is 3. The smallest absolute Gasteiger partial charge is 0.257 e. The molecule has 1 aromatic carbocycles. The molecule has 1 aliphatic rings. The van der Waals surface area contributed by atoms with Crippen molar-refractivity contribution >= 4 is 5.91 Å². The lowest BCUT2D eigenvalue weighted by molar-refractivity contribution is 0.0740. The van der Waals surface area contributed by atoms with E-state index in [1.807, 2.05) is 11.8 Å². The first-order chi connectivity index (χ1) is 10.6. The van der Waals surface area contributed by atoms with Crippen LogP contribution in [0.5, 0.6) is 0 Å². The summed E-state index contributed by atoms with van der Waals surface area (Å²) >= 11 is 0. The highest BCUT2D eigenvalue weighted by Gasteiger charge is 2.30. The number of nitrogens with two attached hydrogens (primary N) is 1. The van der Waals surface area contributed by atoms with Crippen LogP contribution in [-0.4, -0.2) is 39.7 Å². The molecular formula is C16H19FN4O. The first-order valence-corrected chi connectivity index (χ1v) is 7.43. The maximum atomic E-state index is 13.0. The minimum atomic E-state index is -0.298. The van der Waals surface area contributed by atoms with Gasteiger partial charge in [0.05, 0.1) is 23.1 Å². The van der Waals surface area contributed by atoms with Crippen molar-refractivity contribution in [2.45, 2.75) is 25.8 Å². The van der Waals surface area contributed by atoms with Crippen LogP contribution in [0, 0.1) is 12.7 Å². The summed E-state index contributed by atoms with van der Waals surface area (Å²) in [5, 5.41) is 4.27. The van der Waals surface area contributed by atoms with Crippen LogP contribution in [0.3, 0.4) is 0 Å². The highest BCUT2D eigenvalue weighted by molar-refractivity contribution is 5.95. The molecule has 1 atom stereocenters. The summed E-state index contributed by atoms with van der Waals surface area (Å²) in [6, 6.07) is 6.15. The van der Waals surface area contributed by atoms with E-state index >= 15 is 0 Å². The highest BCUT2D eigenvalue weighted by atomic mass is 19.1. The van der Waals surface area contributed by atoms with E-state index in [1.54, 1.807) is 23.0 Å². The Bertz CT molecular complexity index is 680. The fraction of sp³-hybridized carbons (Fsp3) is 0.375. The minimum absolute atomic E-state index is 0.0289. The molecule has 1 amide bonds. The number of amides is 1. The largest absolute Gasteiger partial charge is 0.334 e. The van der Waals surface area contributed by atoms with E-state index in [2.05, 4.69) is 5.10 Å². The normalized spacial score (nSPS) is 18.0. The lowest BCUT2D eigenvalue weighted by Crippen LogP contribution is -2.40. The van der Waals surface area contributed by atoms with E-state index in [1.165, 1.54) is 12.1 Å². The molecule has 0 bridgehead atoms. The molecular weight excluding hydrogens is 283 g/mol. The van der Waals surface area contributed by atoms with Gasteiger partial charge in [-0.1, -0.05) is 0 Å². The predicted octanol–water partition coefficient (Wildman–Crippen LogP) is 1.88. The summed E-state index contributed by atoms with van der Waals surface area (Å²) in [6.07, 6.45) is 3.51. The van der Waals surface area contributed by atoms with Gasteiger partial charge in [-0.2, -0.15) is 5.10 Å². The Morgan fingerprint density at radius 2 is 2.14 bits per heavy atom. The van der Waals surface area contributed by atoms with Crippen LogP contribution in [0.25, 0.3) is 5.69 Å². The van der Waals surface area contributed by atoms with Gasteiger partial charge in [-0.25, -0.2) is 9.07 Å². The highest BCUT2D eigenvalue weighted by Crippen LogP contribution is 2.22. The summed E-state index contributed by atoms with van der Waals surface area (Å²) < 4.78 is 14.7. The molecule has 0 aliphatic carbocycles. The topological polar surface area (TPSA) is 64.2 Å². The molecule has 1 aliphatic heterocycles. The molecule has 6 heteroatoms. The minimum Gasteiger partial charge on any atom is -0.334 e. The first-order valence-electron chi connectivity index (χ1n) is 7.43. The maximum Gasteiger partial charge on any atom is 0.257 e. The Labute approximate surface area is 128 Å². The molecule has 0 radical (unpaired) electrons. The van der Waals surface area contributed by atoms with Crippen molar-refractivity contribution < 1.29 is 9.18 Å². The molecule has 1 saturated heterocycles. The van der Waals surface area contributed by atoms with Crippen LogP contribution in [0.15, 0.2) is 30.5 Å². The summed E-state index contributed by atoms with van der Waals surface area (Å²) in [7, 11) is 0. The number of halogens is 1. The van der Waals surface area contributed by atoms with Crippen molar-refractivity contribution in [1.82, 2.24) is 14.7 Å². The third-order valence-corrected chi connectivity index (χ3v) is 4.22. The van der Waals surface area contributed by atoms with E-state index in [-0.39, 0.29) is 17.8 Å². The van der Waals surface area contributed by atoms with E-state index in [0.717, 1.165) is 30.8 Å². The van der Waals surface area contributed by atoms with Gasteiger partial charge in [-0.15, -0.1) is 0 Å². The van der Waals surface area contributed by atoms with Crippen molar-refractivity contribution in [2.75, 3.05) is 13.1 Å². The third kappa shape index (κ3) is 2.50. The molecule has 1 fully saturated rings. The zero-order valence-corrected chi connectivity index (χ0v) is 12.5. The molecule has 0 saturated carbocycles. The lowest BCUT2D eigenvalue weighted by Gasteiger charge is -2.23. The number of hydrogen-bond donors (Lipinski definition) is 1. The van der Waals surface area contributed by atoms with Crippen molar-refractivity contribution in [1.29, 1.82) is 0 Å². The van der Waals surface area contributed by atoms with Crippen LogP contribution in [0.1, 0.15) is 28.9 Å². The zero-order chi connectivity index (χ0) is 15.7. The number of carbonyl (C=O) groups is 1. The Morgan fingerprint density at radius 1 is 1.41 bits per heavy atom. The van der Waals surface area contributed by atoms with Gasteiger partial charge in [0.1, 0.15) is 5.82 Å². The molecule has 2 aromatic rings. The lowest BCUT2D eigenvalue weighted by atomic mass is 10.2. The van der Waals surface area contributed by atoms with E-state index in [0.29, 0.717) is 12.1 Å². The average molecular weight is 302 g/mol. The van der Waals surface area contributed by atoms with Crippen LogP contribution in [-0.2, 0) is 0 Å². The fourth-order valence-corrected chi connectivity index (χ4v) is 2.97. The quantitative estimate of drug-likeness (QED) is 0.941. The van der Waals surface area contributed by atoms with Crippen LogP contribution in [0.4, 0.5) is 4.39 Å². The molecule has 5 nitrogen and oxygen atoms in total. The van der Waals surface area contributed by atoms with Gasteiger partial charge in [0.2, 0.25) is 0 Å². The fourth-order valence-electron chi connectivity index (χ4n) is 2.97. The third-order valence-electron chi connectivity index (χ3n) is 4.22. The molecule has 116 valence electrons. The number of benzene rings is 1. The Hall–Kier alpha value is -2.21. The number of aromatic nitrogens is 2. The average Bonchev–Trinajstić information content (AvgIpc) is 3.14. The Morgan fingerprint density at radius 3 is 2.82 bits per heavy atom. The summed E-state index contributed by atoms with van der Waals surface area (Å²) in [5.74, 6) is -0.327. The Balaban J connectivity index is 1.90. The maximum absolute atomic E-state index is 13.0. The second-order valence-electron chi connectivity index (χ2n) is 5.56. The molecule has 2 N–H and O–H groups in total. The molecule has 22 heavy (non-hydrogen) atoms. The standard InChI is InChI=1S/C16H19FN4O/c1-11-15(16(22)20-8-2-3-14(20)9-18)10-19-21(11)13-6-4-12(17)5-7-13/h4-7,10,14H,2-3,8-9,18H2,1H3. The van der Waals surface area contributed by atoms with Crippen molar-refractivity contribution in [3.05, 3.63) is 47.5 Å². The molecule has 1 unspecified atom stereocenters. The van der Waals surface area contributed by atoms with Gasteiger partial charge in [-0.05, 0) is 44.0 Å². The van der Waals surface area contributed by atoms with E-state index in [4.69, 9.17) is 5.73 Å².